The van der Waals surface area contributed by atoms with E-state index in [9.17, 15) is 10.1 Å². The van der Waals surface area contributed by atoms with E-state index < -0.39 is 6.04 Å². The van der Waals surface area contributed by atoms with Gasteiger partial charge in [-0.2, -0.15) is 5.26 Å². The Balaban J connectivity index is 1.96. The Bertz CT molecular complexity index is 698. The van der Waals surface area contributed by atoms with Crippen molar-refractivity contribution >= 4 is 29.1 Å². The van der Waals surface area contributed by atoms with Crippen LogP contribution in [0.15, 0.2) is 42.7 Å². The second kappa shape index (κ2) is 7.79. The number of carbonyl (C=O) groups excluding carboxylic acids is 1. The van der Waals surface area contributed by atoms with Gasteiger partial charge in [0, 0.05) is 18.8 Å². The highest BCUT2D eigenvalue weighted by atomic mass is 35.5. The van der Waals surface area contributed by atoms with Gasteiger partial charge < -0.3 is 5.32 Å². The van der Waals surface area contributed by atoms with E-state index >= 15 is 0 Å². The SMILES string of the molecule is N#CC(NC(=O)CCc1cccnc1)c1ccc(Cl)c(Cl)c1. The number of hydrogen-bond acceptors (Lipinski definition) is 3. The second-order valence-corrected chi connectivity index (χ2v) is 5.48. The predicted molar refractivity (Wildman–Crippen MR) is 85.5 cm³/mol. The van der Waals surface area contributed by atoms with E-state index in [1.807, 2.05) is 18.2 Å². The molecule has 0 fully saturated rings. The van der Waals surface area contributed by atoms with Crippen molar-refractivity contribution in [2.24, 2.45) is 0 Å². The molecule has 1 aromatic carbocycles. The fourth-order valence-corrected chi connectivity index (χ4v) is 2.23. The molecule has 1 amide bonds. The maximum absolute atomic E-state index is 12.0. The summed E-state index contributed by atoms with van der Waals surface area (Å²) in [6.07, 6.45) is 4.25. The largest absolute Gasteiger partial charge is 0.337 e. The molecule has 1 unspecified atom stereocenters. The molecule has 112 valence electrons. The van der Waals surface area contributed by atoms with Crippen LogP contribution in [0.5, 0.6) is 0 Å². The number of benzene rings is 1. The number of amides is 1. The number of nitrogens with one attached hydrogen (secondary N) is 1. The van der Waals surface area contributed by atoms with Crippen LogP contribution >= 0.6 is 23.2 Å². The molecule has 0 saturated carbocycles. The van der Waals surface area contributed by atoms with Gasteiger partial charge in [-0.05, 0) is 35.7 Å². The van der Waals surface area contributed by atoms with Crippen molar-refractivity contribution in [1.82, 2.24) is 10.3 Å². The molecule has 0 aliphatic carbocycles. The number of rotatable bonds is 5. The van der Waals surface area contributed by atoms with E-state index in [1.165, 1.54) is 0 Å². The summed E-state index contributed by atoms with van der Waals surface area (Å²) >= 11 is 11.8. The lowest BCUT2D eigenvalue weighted by molar-refractivity contribution is -0.121. The van der Waals surface area contributed by atoms with Crippen LogP contribution in [0.3, 0.4) is 0 Å². The fraction of sp³-hybridized carbons (Fsp3) is 0.188. The summed E-state index contributed by atoms with van der Waals surface area (Å²) in [5.41, 5.74) is 1.58. The van der Waals surface area contributed by atoms with Crippen LogP contribution in [0.4, 0.5) is 0 Å². The van der Waals surface area contributed by atoms with E-state index in [-0.39, 0.29) is 12.3 Å². The minimum Gasteiger partial charge on any atom is -0.337 e. The molecule has 22 heavy (non-hydrogen) atoms. The number of aromatic nitrogens is 1. The predicted octanol–water partition coefficient (Wildman–Crippen LogP) is 3.70. The van der Waals surface area contributed by atoms with Crippen molar-refractivity contribution < 1.29 is 4.79 Å². The van der Waals surface area contributed by atoms with Crippen LogP contribution in [0.1, 0.15) is 23.6 Å². The van der Waals surface area contributed by atoms with Gasteiger partial charge in [-0.3, -0.25) is 9.78 Å². The van der Waals surface area contributed by atoms with Crippen LogP contribution in [0, 0.1) is 11.3 Å². The molecule has 2 aromatic rings. The highest BCUT2D eigenvalue weighted by Crippen LogP contribution is 2.25. The minimum absolute atomic E-state index is 0.207. The first-order valence-corrected chi connectivity index (χ1v) is 7.38. The van der Waals surface area contributed by atoms with Gasteiger partial charge in [0.2, 0.25) is 5.91 Å². The van der Waals surface area contributed by atoms with Gasteiger partial charge in [0.15, 0.2) is 0 Å². The zero-order chi connectivity index (χ0) is 15.9. The number of carbonyl (C=O) groups is 1. The van der Waals surface area contributed by atoms with E-state index in [4.69, 9.17) is 23.2 Å². The molecule has 0 aliphatic heterocycles. The minimum atomic E-state index is -0.754. The zero-order valence-corrected chi connectivity index (χ0v) is 13.1. The third-order valence-corrected chi connectivity index (χ3v) is 3.81. The van der Waals surface area contributed by atoms with Crippen molar-refractivity contribution in [2.45, 2.75) is 18.9 Å². The third-order valence-electron chi connectivity index (χ3n) is 3.07. The van der Waals surface area contributed by atoms with Gasteiger partial charge >= 0.3 is 0 Å². The maximum atomic E-state index is 12.0. The van der Waals surface area contributed by atoms with Crippen LogP contribution in [0.25, 0.3) is 0 Å². The molecule has 2 rings (SSSR count). The second-order valence-electron chi connectivity index (χ2n) is 4.66. The monoisotopic (exact) mass is 333 g/mol. The maximum Gasteiger partial charge on any atom is 0.221 e. The molecule has 4 nitrogen and oxygen atoms in total. The Morgan fingerprint density at radius 1 is 1.32 bits per heavy atom. The van der Waals surface area contributed by atoms with Crippen molar-refractivity contribution in [3.63, 3.8) is 0 Å². The summed E-state index contributed by atoms with van der Waals surface area (Å²) in [6.45, 7) is 0. The van der Waals surface area contributed by atoms with Crippen LogP contribution in [-0.2, 0) is 11.2 Å². The van der Waals surface area contributed by atoms with E-state index in [1.54, 1.807) is 30.6 Å². The zero-order valence-electron chi connectivity index (χ0n) is 11.6. The summed E-state index contributed by atoms with van der Waals surface area (Å²) in [6, 6.07) is 9.87. The Kier molecular flexibility index (Phi) is 5.76. The fourth-order valence-electron chi connectivity index (χ4n) is 1.92. The van der Waals surface area contributed by atoms with Gasteiger partial charge in [-0.15, -0.1) is 0 Å². The molecule has 1 aromatic heterocycles. The van der Waals surface area contributed by atoms with E-state index in [0.29, 0.717) is 22.0 Å². The summed E-state index contributed by atoms with van der Waals surface area (Å²) in [7, 11) is 0. The smallest absolute Gasteiger partial charge is 0.221 e. The number of halogens is 2. The number of nitrogens with zero attached hydrogens (tertiary/aromatic N) is 2. The van der Waals surface area contributed by atoms with Crippen LogP contribution in [-0.4, -0.2) is 10.9 Å². The van der Waals surface area contributed by atoms with E-state index in [2.05, 4.69) is 10.3 Å². The lowest BCUT2D eigenvalue weighted by Crippen LogP contribution is -2.27. The third kappa shape index (κ3) is 4.45. The average molecular weight is 334 g/mol. The van der Waals surface area contributed by atoms with Gasteiger partial charge in [0.25, 0.3) is 0 Å². The topological polar surface area (TPSA) is 65.8 Å². The molecular weight excluding hydrogens is 321 g/mol. The van der Waals surface area contributed by atoms with Crippen molar-refractivity contribution in [3.8, 4) is 6.07 Å². The van der Waals surface area contributed by atoms with Gasteiger partial charge in [0.05, 0.1) is 16.1 Å². The number of hydrogen-bond donors (Lipinski definition) is 1. The Morgan fingerprint density at radius 3 is 2.77 bits per heavy atom. The molecule has 0 bridgehead atoms. The highest BCUT2D eigenvalue weighted by Gasteiger charge is 2.15. The first kappa shape index (κ1) is 16.3. The number of nitriles is 1. The molecule has 1 heterocycles. The van der Waals surface area contributed by atoms with Crippen molar-refractivity contribution in [3.05, 3.63) is 63.9 Å². The Morgan fingerprint density at radius 2 is 2.14 bits per heavy atom. The van der Waals surface area contributed by atoms with Crippen LogP contribution in [0.2, 0.25) is 10.0 Å². The molecule has 0 saturated heterocycles. The Labute approximate surface area is 138 Å². The molecule has 1 atom stereocenters. The summed E-state index contributed by atoms with van der Waals surface area (Å²) in [5, 5.41) is 12.7. The van der Waals surface area contributed by atoms with Gasteiger partial charge in [0.1, 0.15) is 6.04 Å². The molecule has 0 aliphatic rings. The first-order valence-electron chi connectivity index (χ1n) is 6.63. The standard InChI is InChI=1S/C16H13Cl2N3O/c17-13-5-4-12(8-14(13)18)15(9-19)21-16(22)6-3-11-2-1-7-20-10-11/h1-2,4-5,7-8,10,15H,3,6H2,(H,21,22). The van der Waals surface area contributed by atoms with Crippen molar-refractivity contribution in [2.75, 3.05) is 0 Å². The first-order chi connectivity index (χ1) is 10.6. The molecular formula is C16H13Cl2N3O. The Hall–Kier alpha value is -2.09. The van der Waals surface area contributed by atoms with Gasteiger partial charge in [-0.1, -0.05) is 35.3 Å². The number of pyridine rings is 1. The van der Waals surface area contributed by atoms with Gasteiger partial charge in [-0.25, -0.2) is 0 Å². The molecule has 0 spiro atoms. The number of aryl methyl sites for hydroxylation is 1. The molecule has 6 heteroatoms. The lowest BCUT2D eigenvalue weighted by atomic mass is 10.1. The summed E-state index contributed by atoms with van der Waals surface area (Å²) < 4.78 is 0. The highest BCUT2D eigenvalue weighted by molar-refractivity contribution is 6.42. The summed E-state index contributed by atoms with van der Waals surface area (Å²) in [4.78, 5) is 16.0. The summed E-state index contributed by atoms with van der Waals surface area (Å²) in [5.74, 6) is -0.207. The molecule has 0 radical (unpaired) electrons. The van der Waals surface area contributed by atoms with Crippen LogP contribution < -0.4 is 5.32 Å². The normalized spacial score (nSPS) is 11.5. The van der Waals surface area contributed by atoms with E-state index in [0.717, 1.165) is 5.56 Å². The van der Waals surface area contributed by atoms with Crippen molar-refractivity contribution in [1.29, 1.82) is 5.26 Å². The molecule has 1 N–H and O–H groups in total. The average Bonchev–Trinajstić information content (AvgIpc) is 2.54. The lowest BCUT2D eigenvalue weighted by Gasteiger charge is -2.12. The quantitative estimate of drug-likeness (QED) is 0.907.